The van der Waals surface area contributed by atoms with E-state index in [-0.39, 0.29) is 5.69 Å². The van der Waals surface area contributed by atoms with Crippen molar-refractivity contribution >= 4 is 33.2 Å². The monoisotopic (exact) mass is 308 g/mol. The maximum absolute atomic E-state index is 13.4. The fourth-order valence-corrected chi connectivity index (χ4v) is 1.87. The van der Waals surface area contributed by atoms with Crippen molar-refractivity contribution in [2.24, 2.45) is 0 Å². The number of rotatable bonds is 2. The third-order valence-corrected chi connectivity index (χ3v) is 2.87. The van der Waals surface area contributed by atoms with Crippen molar-refractivity contribution in [2.45, 2.75) is 0 Å². The molecule has 0 saturated heterocycles. The molecule has 0 radical (unpaired) electrons. The maximum atomic E-state index is 13.4. The van der Waals surface area contributed by atoms with Gasteiger partial charge in [0.05, 0.1) is 11.3 Å². The first-order chi connectivity index (χ1) is 8.58. The van der Waals surface area contributed by atoms with Gasteiger partial charge in [0.1, 0.15) is 5.82 Å². The Bertz CT molecular complexity index is 601. The molecule has 0 heterocycles. The number of carbonyl (C=O) groups excluding carboxylic acids is 1. The van der Waals surface area contributed by atoms with Crippen molar-refractivity contribution < 1.29 is 9.18 Å². The van der Waals surface area contributed by atoms with Crippen molar-refractivity contribution in [1.82, 2.24) is 0 Å². The Kier molecular flexibility index (Phi) is 3.62. The van der Waals surface area contributed by atoms with Crippen LogP contribution in [-0.2, 0) is 0 Å². The van der Waals surface area contributed by atoms with Crippen LogP contribution in [-0.4, -0.2) is 5.91 Å². The number of nitrogens with two attached hydrogens (primary N) is 1. The molecule has 2 rings (SSSR count). The Hall–Kier alpha value is -1.88. The van der Waals surface area contributed by atoms with E-state index >= 15 is 0 Å². The zero-order valence-corrected chi connectivity index (χ0v) is 10.9. The quantitative estimate of drug-likeness (QED) is 0.835. The van der Waals surface area contributed by atoms with Gasteiger partial charge in [-0.05, 0) is 30.3 Å². The van der Waals surface area contributed by atoms with Crippen LogP contribution in [0.3, 0.4) is 0 Å². The number of hydrogen-bond donors (Lipinski definition) is 2. The van der Waals surface area contributed by atoms with Gasteiger partial charge in [0, 0.05) is 10.2 Å². The van der Waals surface area contributed by atoms with E-state index < -0.39 is 11.7 Å². The normalized spacial score (nSPS) is 10.1. The molecule has 0 unspecified atom stereocenters. The standard InChI is InChI=1S/C13H10BrFN2O/c14-8-5-6-9(11(16)7-8)13(18)17-12-4-2-1-3-10(12)15/h1-7H,16H2,(H,17,18). The molecule has 0 atom stereocenters. The lowest BCUT2D eigenvalue weighted by molar-refractivity contribution is 0.102. The lowest BCUT2D eigenvalue weighted by Gasteiger charge is -2.08. The number of hydrogen-bond acceptors (Lipinski definition) is 2. The number of nitrogens with one attached hydrogen (secondary N) is 1. The number of halogens is 2. The van der Waals surface area contributed by atoms with Gasteiger partial charge in [0.15, 0.2) is 0 Å². The van der Waals surface area contributed by atoms with Crippen LogP contribution < -0.4 is 11.1 Å². The smallest absolute Gasteiger partial charge is 0.257 e. The molecule has 0 aliphatic carbocycles. The molecule has 2 aromatic rings. The Balaban J connectivity index is 2.25. The number of carbonyl (C=O) groups is 1. The van der Waals surface area contributed by atoms with Gasteiger partial charge in [0.25, 0.3) is 5.91 Å². The van der Waals surface area contributed by atoms with Crippen molar-refractivity contribution in [3.63, 3.8) is 0 Å². The summed E-state index contributed by atoms with van der Waals surface area (Å²) in [7, 11) is 0. The summed E-state index contributed by atoms with van der Waals surface area (Å²) in [6.45, 7) is 0. The molecule has 0 aliphatic heterocycles. The zero-order chi connectivity index (χ0) is 13.1. The Labute approximate surface area is 112 Å². The molecule has 0 aliphatic rings. The molecule has 3 N–H and O–H groups in total. The zero-order valence-electron chi connectivity index (χ0n) is 9.28. The summed E-state index contributed by atoms with van der Waals surface area (Å²) in [5.74, 6) is -0.924. The minimum atomic E-state index is -0.485. The molecule has 1 amide bonds. The summed E-state index contributed by atoms with van der Waals surface area (Å²) in [4.78, 5) is 11.9. The molecule has 0 spiro atoms. The SMILES string of the molecule is Nc1cc(Br)ccc1C(=O)Nc1ccccc1F. The molecular formula is C13H10BrFN2O. The molecule has 18 heavy (non-hydrogen) atoms. The molecule has 0 saturated carbocycles. The van der Waals surface area contributed by atoms with Gasteiger partial charge >= 0.3 is 0 Å². The van der Waals surface area contributed by atoms with E-state index in [2.05, 4.69) is 21.2 Å². The van der Waals surface area contributed by atoms with Crippen LogP contribution in [0.15, 0.2) is 46.9 Å². The van der Waals surface area contributed by atoms with Crippen LogP contribution in [0.1, 0.15) is 10.4 Å². The second kappa shape index (κ2) is 5.18. The summed E-state index contributed by atoms with van der Waals surface area (Å²) in [5, 5.41) is 2.48. The van der Waals surface area contributed by atoms with Crippen molar-refractivity contribution in [1.29, 1.82) is 0 Å². The largest absolute Gasteiger partial charge is 0.398 e. The first kappa shape index (κ1) is 12.6. The van der Waals surface area contributed by atoms with Gasteiger partial charge in [-0.25, -0.2) is 4.39 Å². The van der Waals surface area contributed by atoms with Crippen molar-refractivity contribution in [2.75, 3.05) is 11.1 Å². The second-order valence-corrected chi connectivity index (χ2v) is 4.58. The number of para-hydroxylation sites is 1. The number of anilines is 2. The van der Waals surface area contributed by atoms with E-state index in [0.29, 0.717) is 11.3 Å². The molecule has 0 fully saturated rings. The molecular weight excluding hydrogens is 299 g/mol. The van der Waals surface area contributed by atoms with Gasteiger partial charge in [0.2, 0.25) is 0 Å². The van der Waals surface area contributed by atoms with Crippen LogP contribution in [0.2, 0.25) is 0 Å². The fraction of sp³-hybridized carbons (Fsp3) is 0. The van der Waals surface area contributed by atoms with Crippen LogP contribution in [0.25, 0.3) is 0 Å². The average molecular weight is 309 g/mol. The highest BCUT2D eigenvalue weighted by molar-refractivity contribution is 9.10. The predicted molar refractivity (Wildman–Crippen MR) is 72.9 cm³/mol. The van der Waals surface area contributed by atoms with Gasteiger partial charge in [-0.2, -0.15) is 0 Å². The first-order valence-corrected chi connectivity index (χ1v) is 5.98. The third-order valence-electron chi connectivity index (χ3n) is 2.38. The molecule has 5 heteroatoms. The van der Waals surface area contributed by atoms with E-state index in [4.69, 9.17) is 5.73 Å². The van der Waals surface area contributed by atoms with Crippen LogP contribution in [0.5, 0.6) is 0 Å². The lowest BCUT2D eigenvalue weighted by Crippen LogP contribution is -2.14. The van der Waals surface area contributed by atoms with Crippen LogP contribution in [0.4, 0.5) is 15.8 Å². The average Bonchev–Trinajstić information content (AvgIpc) is 2.32. The molecule has 0 aromatic heterocycles. The maximum Gasteiger partial charge on any atom is 0.257 e. The Morgan fingerprint density at radius 2 is 1.94 bits per heavy atom. The molecule has 92 valence electrons. The highest BCUT2D eigenvalue weighted by atomic mass is 79.9. The van der Waals surface area contributed by atoms with E-state index in [9.17, 15) is 9.18 Å². The Morgan fingerprint density at radius 3 is 2.61 bits per heavy atom. The van der Waals surface area contributed by atoms with E-state index in [0.717, 1.165) is 4.47 Å². The number of nitrogen functional groups attached to an aromatic ring is 1. The van der Waals surface area contributed by atoms with Crippen LogP contribution >= 0.6 is 15.9 Å². The van der Waals surface area contributed by atoms with Gasteiger partial charge < -0.3 is 11.1 Å². The fourth-order valence-electron chi connectivity index (χ4n) is 1.49. The summed E-state index contributed by atoms with van der Waals surface area (Å²) in [6.07, 6.45) is 0. The highest BCUT2D eigenvalue weighted by Gasteiger charge is 2.11. The molecule has 2 aromatic carbocycles. The van der Waals surface area contributed by atoms with E-state index in [1.807, 2.05) is 0 Å². The van der Waals surface area contributed by atoms with Crippen LogP contribution in [0, 0.1) is 5.82 Å². The topological polar surface area (TPSA) is 55.1 Å². The van der Waals surface area contributed by atoms with E-state index in [1.54, 1.807) is 30.3 Å². The predicted octanol–water partition coefficient (Wildman–Crippen LogP) is 3.42. The lowest BCUT2D eigenvalue weighted by atomic mass is 10.1. The summed E-state index contributed by atoms with van der Waals surface area (Å²) < 4.78 is 14.2. The van der Waals surface area contributed by atoms with Gasteiger partial charge in [-0.3, -0.25) is 4.79 Å². The minimum absolute atomic E-state index is 0.129. The summed E-state index contributed by atoms with van der Waals surface area (Å²) in [6, 6.07) is 10.9. The van der Waals surface area contributed by atoms with Crippen molar-refractivity contribution in [3.8, 4) is 0 Å². The minimum Gasteiger partial charge on any atom is -0.398 e. The first-order valence-electron chi connectivity index (χ1n) is 5.19. The number of amides is 1. The van der Waals surface area contributed by atoms with Crippen molar-refractivity contribution in [3.05, 3.63) is 58.3 Å². The number of benzene rings is 2. The van der Waals surface area contributed by atoms with Gasteiger partial charge in [-0.1, -0.05) is 28.1 Å². The highest BCUT2D eigenvalue weighted by Crippen LogP contribution is 2.20. The molecule has 3 nitrogen and oxygen atoms in total. The summed E-state index contributed by atoms with van der Waals surface area (Å²) >= 11 is 3.25. The second-order valence-electron chi connectivity index (χ2n) is 3.67. The Morgan fingerprint density at radius 1 is 1.22 bits per heavy atom. The third kappa shape index (κ3) is 2.68. The van der Waals surface area contributed by atoms with Gasteiger partial charge in [-0.15, -0.1) is 0 Å². The summed E-state index contributed by atoms with van der Waals surface area (Å²) in [5.41, 5.74) is 6.50. The molecule has 0 bridgehead atoms. The van der Waals surface area contributed by atoms with E-state index in [1.165, 1.54) is 12.1 Å².